The maximum absolute atomic E-state index is 11.6. The van der Waals surface area contributed by atoms with Crippen LogP contribution in [0.5, 0.6) is 0 Å². The lowest BCUT2D eigenvalue weighted by atomic mass is 10.4. The molecule has 0 aromatic carbocycles. The second kappa shape index (κ2) is 6.27. The molecule has 17 heavy (non-hydrogen) atoms. The van der Waals surface area contributed by atoms with E-state index in [1.54, 1.807) is 18.5 Å². The van der Waals surface area contributed by atoms with Crippen LogP contribution >= 0.6 is 0 Å². The normalized spacial score (nSPS) is 16.7. The van der Waals surface area contributed by atoms with Crippen molar-refractivity contribution in [2.75, 3.05) is 39.4 Å². The van der Waals surface area contributed by atoms with Gasteiger partial charge in [-0.1, -0.05) is 0 Å². The zero-order valence-electron chi connectivity index (χ0n) is 9.63. The number of carbonyl (C=O) groups excluding carboxylic acids is 1. The largest absolute Gasteiger partial charge is 0.379 e. The van der Waals surface area contributed by atoms with E-state index in [0.717, 1.165) is 32.8 Å². The van der Waals surface area contributed by atoms with E-state index in [4.69, 9.17) is 4.74 Å². The van der Waals surface area contributed by atoms with Crippen LogP contribution in [0.2, 0.25) is 0 Å². The molecule has 1 fully saturated rings. The van der Waals surface area contributed by atoms with Gasteiger partial charge in [-0.3, -0.25) is 9.69 Å². The summed E-state index contributed by atoms with van der Waals surface area (Å²) in [5.41, 5.74) is 0. The highest BCUT2D eigenvalue weighted by molar-refractivity contribution is 5.90. The monoisotopic (exact) mass is 236 g/mol. The van der Waals surface area contributed by atoms with Crippen LogP contribution in [0.25, 0.3) is 0 Å². The van der Waals surface area contributed by atoms with E-state index >= 15 is 0 Å². The first-order valence-corrected chi connectivity index (χ1v) is 5.71. The van der Waals surface area contributed by atoms with Crippen molar-refractivity contribution in [3.05, 3.63) is 24.3 Å². The van der Waals surface area contributed by atoms with E-state index in [1.807, 2.05) is 0 Å². The zero-order valence-corrected chi connectivity index (χ0v) is 9.63. The van der Waals surface area contributed by atoms with Crippen molar-refractivity contribution >= 4 is 5.91 Å². The van der Waals surface area contributed by atoms with Crippen LogP contribution in [0.3, 0.4) is 0 Å². The second-order valence-electron chi connectivity index (χ2n) is 3.78. The number of nitrogens with one attached hydrogen (secondary N) is 1. The van der Waals surface area contributed by atoms with Gasteiger partial charge in [-0.2, -0.15) is 0 Å². The Bertz CT molecular complexity index is 352. The molecule has 1 aromatic rings. The first-order valence-electron chi connectivity index (χ1n) is 5.71. The minimum absolute atomic E-state index is 0.217. The van der Waals surface area contributed by atoms with E-state index in [-0.39, 0.29) is 11.7 Å². The smallest absolute Gasteiger partial charge is 0.289 e. The Labute approximate surface area is 100 Å². The van der Waals surface area contributed by atoms with Crippen LogP contribution in [0.1, 0.15) is 10.6 Å². The molecule has 0 saturated carbocycles. The molecule has 92 valence electrons. The van der Waals surface area contributed by atoms with Gasteiger partial charge >= 0.3 is 0 Å². The molecule has 0 aliphatic carbocycles. The third-order valence-corrected chi connectivity index (χ3v) is 2.59. The predicted molar refractivity (Wildman–Crippen MR) is 61.6 cm³/mol. The molecule has 0 bridgehead atoms. The lowest BCUT2D eigenvalue weighted by Crippen LogP contribution is -2.41. The van der Waals surface area contributed by atoms with Crippen molar-refractivity contribution in [3.63, 3.8) is 0 Å². The average Bonchev–Trinajstić information content (AvgIpc) is 2.41. The number of aromatic nitrogens is 2. The Balaban J connectivity index is 1.69. The van der Waals surface area contributed by atoms with Crippen LogP contribution < -0.4 is 5.32 Å². The minimum Gasteiger partial charge on any atom is -0.379 e. The van der Waals surface area contributed by atoms with Crippen LogP contribution in [0.15, 0.2) is 18.5 Å². The van der Waals surface area contributed by atoms with Gasteiger partial charge in [0.25, 0.3) is 5.91 Å². The van der Waals surface area contributed by atoms with Crippen molar-refractivity contribution < 1.29 is 9.53 Å². The Morgan fingerprint density at radius 2 is 2.06 bits per heavy atom. The molecular formula is C11H16N4O2. The van der Waals surface area contributed by atoms with E-state index in [0.29, 0.717) is 6.54 Å². The molecule has 0 radical (unpaired) electrons. The third kappa shape index (κ3) is 3.76. The van der Waals surface area contributed by atoms with Gasteiger partial charge in [0.05, 0.1) is 13.2 Å². The van der Waals surface area contributed by atoms with E-state index in [2.05, 4.69) is 20.2 Å². The molecule has 2 rings (SSSR count). The van der Waals surface area contributed by atoms with Gasteiger partial charge in [-0.25, -0.2) is 9.97 Å². The van der Waals surface area contributed by atoms with E-state index < -0.39 is 0 Å². The average molecular weight is 236 g/mol. The summed E-state index contributed by atoms with van der Waals surface area (Å²) in [6.07, 6.45) is 3.12. The molecule has 1 aliphatic heterocycles. The summed E-state index contributed by atoms with van der Waals surface area (Å²) >= 11 is 0. The van der Waals surface area contributed by atoms with Crippen LogP contribution in [0.4, 0.5) is 0 Å². The molecule has 0 unspecified atom stereocenters. The number of hydrogen-bond donors (Lipinski definition) is 1. The standard InChI is InChI=1S/C11H16N4O2/c16-11(10-12-2-1-3-13-10)14-4-5-15-6-8-17-9-7-15/h1-3H,4-9H2,(H,14,16). The molecule has 1 saturated heterocycles. The number of hydrogen-bond acceptors (Lipinski definition) is 5. The summed E-state index contributed by atoms with van der Waals surface area (Å²) in [6, 6.07) is 1.69. The van der Waals surface area contributed by atoms with Gasteiger partial charge in [-0.15, -0.1) is 0 Å². The minimum atomic E-state index is -0.223. The zero-order chi connectivity index (χ0) is 11.9. The van der Waals surface area contributed by atoms with E-state index in [9.17, 15) is 4.79 Å². The second-order valence-corrected chi connectivity index (χ2v) is 3.78. The maximum Gasteiger partial charge on any atom is 0.289 e. The summed E-state index contributed by atoms with van der Waals surface area (Å²) < 4.78 is 5.25. The number of nitrogens with zero attached hydrogens (tertiary/aromatic N) is 3. The lowest BCUT2D eigenvalue weighted by molar-refractivity contribution is 0.0383. The quantitative estimate of drug-likeness (QED) is 0.766. The van der Waals surface area contributed by atoms with Crippen molar-refractivity contribution in [1.82, 2.24) is 20.2 Å². The predicted octanol–water partition coefficient (Wildman–Crippen LogP) is -0.461. The topological polar surface area (TPSA) is 67.4 Å². The SMILES string of the molecule is O=C(NCCN1CCOCC1)c1ncccn1. The van der Waals surface area contributed by atoms with Crippen molar-refractivity contribution in [3.8, 4) is 0 Å². The maximum atomic E-state index is 11.6. The molecule has 6 heteroatoms. The van der Waals surface area contributed by atoms with Gasteiger partial charge in [0, 0.05) is 38.6 Å². The Kier molecular flexibility index (Phi) is 4.40. The molecule has 2 heterocycles. The van der Waals surface area contributed by atoms with Crippen LogP contribution in [-0.2, 0) is 4.74 Å². The van der Waals surface area contributed by atoms with Crippen molar-refractivity contribution in [2.24, 2.45) is 0 Å². The summed E-state index contributed by atoms with van der Waals surface area (Å²) in [5, 5.41) is 2.80. The summed E-state index contributed by atoms with van der Waals surface area (Å²) in [5.74, 6) is -0.00617. The number of carbonyl (C=O) groups is 1. The first-order chi connectivity index (χ1) is 8.36. The fraction of sp³-hybridized carbons (Fsp3) is 0.545. The summed E-state index contributed by atoms with van der Waals surface area (Å²) in [6.45, 7) is 4.85. The lowest BCUT2D eigenvalue weighted by Gasteiger charge is -2.26. The fourth-order valence-electron chi connectivity index (χ4n) is 1.65. The Morgan fingerprint density at radius 1 is 1.35 bits per heavy atom. The van der Waals surface area contributed by atoms with Gasteiger partial charge in [0.1, 0.15) is 0 Å². The third-order valence-electron chi connectivity index (χ3n) is 2.59. The highest BCUT2D eigenvalue weighted by Crippen LogP contribution is 1.95. The molecule has 0 atom stereocenters. The molecule has 1 aliphatic rings. The van der Waals surface area contributed by atoms with Gasteiger partial charge in [0.15, 0.2) is 0 Å². The molecular weight excluding hydrogens is 220 g/mol. The van der Waals surface area contributed by atoms with Crippen molar-refractivity contribution in [1.29, 1.82) is 0 Å². The number of rotatable bonds is 4. The highest BCUT2D eigenvalue weighted by atomic mass is 16.5. The number of morpholine rings is 1. The molecule has 0 spiro atoms. The van der Waals surface area contributed by atoms with Gasteiger partial charge in [0.2, 0.25) is 5.82 Å². The van der Waals surface area contributed by atoms with Crippen LogP contribution in [0, 0.1) is 0 Å². The summed E-state index contributed by atoms with van der Waals surface area (Å²) in [7, 11) is 0. The van der Waals surface area contributed by atoms with E-state index in [1.165, 1.54) is 0 Å². The summed E-state index contributed by atoms with van der Waals surface area (Å²) in [4.78, 5) is 21.6. The molecule has 1 amide bonds. The highest BCUT2D eigenvalue weighted by Gasteiger charge is 2.11. The Hall–Kier alpha value is -1.53. The van der Waals surface area contributed by atoms with Gasteiger partial charge in [-0.05, 0) is 6.07 Å². The van der Waals surface area contributed by atoms with Crippen LogP contribution in [-0.4, -0.2) is 60.2 Å². The first kappa shape index (κ1) is 11.9. The van der Waals surface area contributed by atoms with Crippen molar-refractivity contribution in [2.45, 2.75) is 0 Å². The molecule has 1 N–H and O–H groups in total. The number of ether oxygens (including phenoxy) is 1. The molecule has 1 aromatic heterocycles. The fourth-order valence-corrected chi connectivity index (χ4v) is 1.65. The Morgan fingerprint density at radius 3 is 2.76 bits per heavy atom. The molecule has 6 nitrogen and oxygen atoms in total. The van der Waals surface area contributed by atoms with Gasteiger partial charge < -0.3 is 10.1 Å². The number of amides is 1.